The lowest BCUT2D eigenvalue weighted by molar-refractivity contribution is -2.00. The van der Waals surface area contributed by atoms with E-state index in [0.717, 1.165) is 10.2 Å². The molecule has 0 saturated carbocycles. The van der Waals surface area contributed by atoms with Crippen molar-refractivity contribution in [1.82, 2.24) is 0 Å². The number of aryl methyl sites for hydroxylation is 1. The van der Waals surface area contributed by atoms with Crippen molar-refractivity contribution in [3.8, 4) is 0 Å². The molecule has 1 aliphatic heterocycles. The number of halogens is 2. The summed E-state index contributed by atoms with van der Waals surface area (Å²) in [5.74, 6) is 0. The van der Waals surface area contributed by atoms with Gasteiger partial charge in [0, 0.05) is 16.6 Å². The Kier molecular flexibility index (Phi) is 20.8. The summed E-state index contributed by atoms with van der Waals surface area (Å²) in [6.07, 6.45) is 0. The maximum Gasteiger partial charge on any atom is 0.128 e. The molecule has 1 fully saturated rings. The summed E-state index contributed by atoms with van der Waals surface area (Å²) in [7, 11) is -4.94. The summed E-state index contributed by atoms with van der Waals surface area (Å²) in [6.45, 7) is 9.09. The molecule has 1 saturated heterocycles. The van der Waals surface area contributed by atoms with Crippen molar-refractivity contribution >= 4 is 21.6 Å². The van der Waals surface area contributed by atoms with Crippen LogP contribution in [0.4, 0.5) is 5.69 Å². The van der Waals surface area contributed by atoms with Crippen molar-refractivity contribution in [2.75, 3.05) is 79.3 Å². The molecule has 3 N–H and O–H groups in total. The van der Waals surface area contributed by atoms with Gasteiger partial charge in [-0.3, -0.25) is 0 Å². The van der Waals surface area contributed by atoms with Crippen LogP contribution >= 0.6 is 15.9 Å². The van der Waals surface area contributed by atoms with Gasteiger partial charge in [-0.05, 0) is 18.6 Å². The topological polar surface area (TPSA) is 175 Å². The Morgan fingerprint density at radius 3 is 1.09 bits per heavy atom. The van der Waals surface area contributed by atoms with Gasteiger partial charge in [0.15, 0.2) is 0 Å². The van der Waals surface area contributed by atoms with Gasteiger partial charge in [0.1, 0.15) is 5.69 Å². The molecular formula is C19H33BrClNO10. The van der Waals surface area contributed by atoms with E-state index in [0.29, 0.717) is 79.3 Å². The highest BCUT2D eigenvalue weighted by molar-refractivity contribution is 9.10. The minimum Gasteiger partial charge on any atom is -0.377 e. The van der Waals surface area contributed by atoms with Gasteiger partial charge >= 0.3 is 0 Å². The van der Waals surface area contributed by atoms with Gasteiger partial charge in [-0.2, -0.15) is 0 Å². The maximum atomic E-state index is 8.49. The Bertz CT molecular complexity index is 484. The Balaban J connectivity index is 0.000000566. The number of hydrogen-bond acceptors (Lipinski definition) is 10. The van der Waals surface area contributed by atoms with Crippen LogP contribution in [-0.2, 0) is 28.4 Å². The number of hydrogen-bond donors (Lipinski definition) is 1. The van der Waals surface area contributed by atoms with Crippen LogP contribution in [0.25, 0.3) is 0 Å². The first-order chi connectivity index (χ1) is 15.2. The lowest BCUT2D eigenvalue weighted by Crippen LogP contribution is -2.68. The van der Waals surface area contributed by atoms with Crippen molar-refractivity contribution in [2.45, 2.75) is 6.92 Å². The second-order valence-corrected chi connectivity index (χ2v) is 7.75. The molecule has 0 amide bonds. The van der Waals surface area contributed by atoms with Crippen LogP contribution in [-0.4, -0.2) is 79.3 Å². The monoisotopic (exact) mass is 549 g/mol. The normalized spacial score (nSPS) is 18.1. The van der Waals surface area contributed by atoms with Gasteiger partial charge < -0.3 is 34.2 Å². The van der Waals surface area contributed by atoms with E-state index < -0.39 is 10.2 Å². The average molecular weight is 551 g/mol. The second-order valence-electron chi connectivity index (χ2n) is 6.14. The van der Waals surface area contributed by atoms with Gasteiger partial charge in [-0.25, -0.2) is 18.6 Å². The molecule has 1 aromatic rings. The molecule has 1 aromatic carbocycles. The summed E-state index contributed by atoms with van der Waals surface area (Å²) in [5, 5.41) is 0. The van der Waals surface area contributed by atoms with E-state index in [9.17, 15) is 0 Å². The first-order valence-electron chi connectivity index (χ1n) is 9.86. The lowest BCUT2D eigenvalue weighted by Gasteiger charge is -2.17. The number of ether oxygens (including phenoxy) is 6. The highest BCUT2D eigenvalue weighted by Gasteiger charge is 1.96. The Morgan fingerprint density at radius 1 is 0.656 bits per heavy atom. The van der Waals surface area contributed by atoms with Gasteiger partial charge in [-0.1, -0.05) is 15.9 Å². The first kappa shape index (κ1) is 31.6. The highest BCUT2D eigenvalue weighted by Crippen LogP contribution is 2.16. The van der Waals surface area contributed by atoms with E-state index in [2.05, 4.69) is 28.6 Å². The fourth-order valence-corrected chi connectivity index (χ4v) is 2.27. The van der Waals surface area contributed by atoms with Crippen molar-refractivity contribution in [2.24, 2.45) is 0 Å². The standard InChI is InChI=1S/C12H24O6.C7H8BrN.ClHO4/c1-2-14-5-6-16-9-10-18-12-11-17-8-7-15-4-3-13-1;1-5-4-6(9)2-3-7(5)8;2-1(3,4)5/h1-12H2;2-4H,9H2,1H3;(H,2,3,4,5). The molecule has 0 aliphatic carbocycles. The molecule has 0 spiro atoms. The van der Waals surface area contributed by atoms with Crippen LogP contribution in [0.15, 0.2) is 22.7 Å². The molecule has 0 radical (unpaired) electrons. The Morgan fingerprint density at radius 2 is 0.906 bits per heavy atom. The van der Waals surface area contributed by atoms with Gasteiger partial charge in [0.25, 0.3) is 0 Å². The Hall–Kier alpha value is -0.450. The molecule has 32 heavy (non-hydrogen) atoms. The van der Waals surface area contributed by atoms with Crippen LogP contribution in [0.3, 0.4) is 0 Å². The SMILES string of the molecule is C1COCCOCCOCCOCCOCCO1.Cc1cc([NH3+])ccc1Br.[O-][Cl+3]([O-])([O-])[O-]. The molecule has 2 rings (SSSR count). The quantitative estimate of drug-likeness (QED) is 0.350. The van der Waals surface area contributed by atoms with Crippen LogP contribution in [0, 0.1) is 17.2 Å². The van der Waals surface area contributed by atoms with E-state index in [-0.39, 0.29) is 0 Å². The highest BCUT2D eigenvalue weighted by atomic mass is 79.9. The maximum absolute atomic E-state index is 8.49. The summed E-state index contributed by atoms with van der Waals surface area (Å²) in [6, 6.07) is 6.04. The zero-order valence-electron chi connectivity index (χ0n) is 18.3. The molecule has 1 heterocycles. The molecule has 0 bridgehead atoms. The first-order valence-corrected chi connectivity index (χ1v) is 11.9. The Labute approximate surface area is 199 Å². The summed E-state index contributed by atoms with van der Waals surface area (Å²) in [5.41, 5.74) is 6.11. The molecule has 0 unspecified atom stereocenters. The molecule has 188 valence electrons. The van der Waals surface area contributed by atoms with E-state index in [1.54, 1.807) is 0 Å². The van der Waals surface area contributed by atoms with E-state index in [4.69, 9.17) is 47.1 Å². The molecular weight excluding hydrogens is 518 g/mol. The van der Waals surface area contributed by atoms with Crippen LogP contribution in [0.1, 0.15) is 5.56 Å². The molecule has 0 atom stereocenters. The zero-order valence-corrected chi connectivity index (χ0v) is 20.6. The number of benzene rings is 1. The zero-order chi connectivity index (χ0) is 24.1. The number of rotatable bonds is 0. The predicted octanol–water partition coefficient (Wildman–Crippen LogP) is -3.03. The fourth-order valence-electron chi connectivity index (χ4n) is 2.03. The third kappa shape index (κ3) is 25.8. The molecule has 1 aliphatic rings. The van der Waals surface area contributed by atoms with Gasteiger partial charge in [0.2, 0.25) is 0 Å². The number of quaternary nitrogens is 1. The van der Waals surface area contributed by atoms with E-state index >= 15 is 0 Å². The van der Waals surface area contributed by atoms with Gasteiger partial charge in [0.05, 0.1) is 79.3 Å². The predicted molar refractivity (Wildman–Crippen MR) is 106 cm³/mol. The third-order valence-electron chi connectivity index (χ3n) is 3.45. The lowest BCUT2D eigenvalue weighted by atomic mass is 10.2. The van der Waals surface area contributed by atoms with Gasteiger partial charge in [-0.15, -0.1) is 10.2 Å². The minimum atomic E-state index is -4.94. The van der Waals surface area contributed by atoms with Crippen molar-refractivity contribution in [1.29, 1.82) is 0 Å². The fraction of sp³-hybridized carbons (Fsp3) is 0.684. The summed E-state index contributed by atoms with van der Waals surface area (Å²) in [4.78, 5) is 0. The van der Waals surface area contributed by atoms with E-state index in [1.165, 1.54) is 5.56 Å². The van der Waals surface area contributed by atoms with Crippen molar-refractivity contribution in [3.05, 3.63) is 28.2 Å². The second kappa shape index (κ2) is 21.1. The molecule has 0 aromatic heterocycles. The molecule has 13 heteroatoms. The largest absolute Gasteiger partial charge is 0.377 e. The minimum absolute atomic E-state index is 0.586. The third-order valence-corrected chi connectivity index (χ3v) is 4.34. The van der Waals surface area contributed by atoms with Crippen molar-refractivity contribution in [3.63, 3.8) is 0 Å². The molecule has 11 nitrogen and oxygen atoms in total. The van der Waals surface area contributed by atoms with Crippen LogP contribution in [0.2, 0.25) is 0 Å². The summed E-state index contributed by atoms with van der Waals surface area (Å²) >= 11 is 3.40. The van der Waals surface area contributed by atoms with Crippen molar-refractivity contribution < 1.29 is 63.0 Å². The van der Waals surface area contributed by atoms with Crippen LogP contribution in [0.5, 0.6) is 0 Å². The smallest absolute Gasteiger partial charge is 0.128 e. The average Bonchev–Trinajstić information content (AvgIpc) is 2.70. The summed E-state index contributed by atoms with van der Waals surface area (Å²) < 4.78 is 67.1. The van der Waals surface area contributed by atoms with E-state index in [1.807, 2.05) is 18.2 Å². The van der Waals surface area contributed by atoms with Crippen LogP contribution < -0.4 is 24.4 Å².